The lowest BCUT2D eigenvalue weighted by Crippen LogP contribution is -2.40. The Hall–Kier alpha value is -3.24. The Kier molecular flexibility index (Phi) is 8.80. The number of hydrogen-bond donors (Lipinski definition) is 1. The molecule has 7 heteroatoms. The van der Waals surface area contributed by atoms with E-state index in [1.54, 1.807) is 13.2 Å². The molecule has 0 aliphatic carbocycles. The largest absolute Gasteiger partial charge is 0.493 e. The molecular formula is C22H24FNO5. The summed E-state index contributed by atoms with van der Waals surface area (Å²) in [6.07, 6.45) is 5.00. The third kappa shape index (κ3) is 7.01. The van der Waals surface area contributed by atoms with Gasteiger partial charge in [-0.1, -0.05) is 12.0 Å². The lowest BCUT2D eigenvalue weighted by molar-refractivity contribution is -0.132. The van der Waals surface area contributed by atoms with Crippen LogP contribution >= 0.6 is 0 Å². The average molecular weight is 401 g/mol. The maximum Gasteiger partial charge on any atom is 0.252 e. The summed E-state index contributed by atoms with van der Waals surface area (Å²) in [5, 5.41) is 2.81. The second-order valence-corrected chi connectivity index (χ2v) is 6.01. The lowest BCUT2D eigenvalue weighted by Gasteiger charge is -2.16. The molecule has 0 heterocycles. The number of methoxy groups -OCH3 is 2. The van der Waals surface area contributed by atoms with Gasteiger partial charge >= 0.3 is 0 Å². The number of ether oxygens (including phenoxy) is 4. The second kappa shape index (κ2) is 11.6. The molecule has 0 radical (unpaired) electrons. The van der Waals surface area contributed by atoms with Gasteiger partial charge in [0.25, 0.3) is 5.91 Å². The first-order valence-electron chi connectivity index (χ1n) is 8.99. The fraction of sp³-hybridized carbons (Fsp3) is 0.318. The van der Waals surface area contributed by atoms with Crippen LogP contribution in [0.4, 0.5) is 4.39 Å². The number of carbonyl (C=O) groups is 1. The zero-order valence-electron chi connectivity index (χ0n) is 16.4. The molecule has 0 saturated heterocycles. The average Bonchev–Trinajstić information content (AvgIpc) is 2.74. The summed E-state index contributed by atoms with van der Waals surface area (Å²) in [4.78, 5) is 12.3. The van der Waals surface area contributed by atoms with Crippen molar-refractivity contribution in [1.29, 1.82) is 0 Å². The van der Waals surface area contributed by atoms with E-state index in [1.807, 2.05) is 12.1 Å². The first-order chi connectivity index (χ1) is 14.1. The standard InChI is InChI=1S/C22H24FNO5/c1-4-13-28-19-10-5-16(14-20(19)26-2)11-12-24-22(25)21(27-3)15-29-18-8-6-17(23)7-9-18/h1,5-10,14,21H,11-13,15H2,2-3H3,(H,24,25)/t21-/m0/s1. The van der Waals surface area contributed by atoms with Gasteiger partial charge in [0.1, 0.15) is 24.8 Å². The molecule has 0 fully saturated rings. The van der Waals surface area contributed by atoms with Crippen LogP contribution in [-0.4, -0.2) is 46.0 Å². The Morgan fingerprint density at radius 1 is 1.14 bits per heavy atom. The fourth-order valence-electron chi connectivity index (χ4n) is 2.50. The van der Waals surface area contributed by atoms with Crippen molar-refractivity contribution in [2.45, 2.75) is 12.5 Å². The third-order valence-corrected chi connectivity index (χ3v) is 4.04. The summed E-state index contributed by atoms with van der Waals surface area (Å²) in [7, 11) is 2.98. The van der Waals surface area contributed by atoms with Crippen LogP contribution < -0.4 is 19.5 Å². The first kappa shape index (κ1) is 22.1. The maximum atomic E-state index is 12.9. The van der Waals surface area contributed by atoms with E-state index in [-0.39, 0.29) is 24.9 Å². The smallest absolute Gasteiger partial charge is 0.252 e. The summed E-state index contributed by atoms with van der Waals surface area (Å²) in [5.74, 6) is 3.35. The highest BCUT2D eigenvalue weighted by atomic mass is 19.1. The van der Waals surface area contributed by atoms with Crippen molar-refractivity contribution in [3.05, 3.63) is 53.8 Å². The number of rotatable bonds is 11. The molecule has 0 aliphatic heterocycles. The Bertz CT molecular complexity index is 832. The summed E-state index contributed by atoms with van der Waals surface area (Å²) >= 11 is 0. The zero-order valence-corrected chi connectivity index (χ0v) is 16.4. The number of amides is 1. The molecule has 0 aromatic heterocycles. The van der Waals surface area contributed by atoms with Crippen LogP contribution in [0.2, 0.25) is 0 Å². The van der Waals surface area contributed by atoms with E-state index in [0.29, 0.717) is 30.2 Å². The molecule has 0 spiro atoms. The lowest BCUT2D eigenvalue weighted by atomic mass is 10.1. The van der Waals surface area contributed by atoms with Gasteiger partial charge in [0, 0.05) is 13.7 Å². The van der Waals surface area contributed by atoms with Gasteiger partial charge in [-0.2, -0.15) is 0 Å². The highest BCUT2D eigenvalue weighted by molar-refractivity contribution is 5.80. The molecule has 2 aromatic rings. The molecular weight excluding hydrogens is 377 g/mol. The Morgan fingerprint density at radius 3 is 2.55 bits per heavy atom. The minimum atomic E-state index is -0.783. The van der Waals surface area contributed by atoms with Crippen molar-refractivity contribution in [2.75, 3.05) is 34.0 Å². The van der Waals surface area contributed by atoms with E-state index < -0.39 is 6.10 Å². The minimum absolute atomic E-state index is 0.0169. The minimum Gasteiger partial charge on any atom is -0.493 e. The molecule has 2 aromatic carbocycles. The van der Waals surface area contributed by atoms with Gasteiger partial charge in [-0.05, 0) is 48.4 Å². The van der Waals surface area contributed by atoms with Crippen molar-refractivity contribution in [3.63, 3.8) is 0 Å². The molecule has 1 amide bonds. The van der Waals surface area contributed by atoms with Gasteiger partial charge in [0.2, 0.25) is 0 Å². The molecule has 1 atom stereocenters. The molecule has 0 saturated carbocycles. The quantitative estimate of drug-likeness (QED) is 0.587. The maximum absolute atomic E-state index is 12.9. The van der Waals surface area contributed by atoms with Crippen molar-refractivity contribution in [1.82, 2.24) is 5.32 Å². The number of benzene rings is 2. The normalized spacial score (nSPS) is 11.2. The van der Waals surface area contributed by atoms with Crippen molar-refractivity contribution >= 4 is 5.91 Å². The van der Waals surface area contributed by atoms with Gasteiger partial charge in [-0.3, -0.25) is 4.79 Å². The highest BCUT2D eigenvalue weighted by Crippen LogP contribution is 2.28. The predicted molar refractivity (Wildman–Crippen MR) is 107 cm³/mol. The van der Waals surface area contributed by atoms with E-state index >= 15 is 0 Å². The first-order valence-corrected chi connectivity index (χ1v) is 8.99. The third-order valence-electron chi connectivity index (χ3n) is 4.04. The molecule has 0 unspecified atom stereocenters. The SMILES string of the molecule is C#CCOc1ccc(CCNC(=O)[C@H](COc2ccc(F)cc2)OC)cc1OC. The van der Waals surface area contributed by atoms with Crippen LogP contribution in [0, 0.1) is 18.2 Å². The van der Waals surface area contributed by atoms with Crippen molar-refractivity contribution in [3.8, 4) is 29.6 Å². The van der Waals surface area contributed by atoms with Gasteiger partial charge in [-0.25, -0.2) is 4.39 Å². The Morgan fingerprint density at radius 2 is 1.90 bits per heavy atom. The number of hydrogen-bond acceptors (Lipinski definition) is 5. The van der Waals surface area contributed by atoms with Crippen LogP contribution in [0.25, 0.3) is 0 Å². The summed E-state index contributed by atoms with van der Waals surface area (Å²) in [6, 6.07) is 11.1. The zero-order chi connectivity index (χ0) is 21.1. The van der Waals surface area contributed by atoms with E-state index in [2.05, 4.69) is 11.2 Å². The second-order valence-electron chi connectivity index (χ2n) is 6.01. The van der Waals surface area contributed by atoms with Crippen LogP contribution in [0.15, 0.2) is 42.5 Å². The van der Waals surface area contributed by atoms with E-state index in [0.717, 1.165) is 5.56 Å². The van der Waals surface area contributed by atoms with Gasteiger partial charge in [0.15, 0.2) is 17.6 Å². The fourth-order valence-corrected chi connectivity index (χ4v) is 2.50. The van der Waals surface area contributed by atoms with Crippen molar-refractivity contribution < 1.29 is 28.1 Å². The van der Waals surface area contributed by atoms with Gasteiger partial charge in [0.05, 0.1) is 7.11 Å². The molecule has 1 N–H and O–H groups in total. The van der Waals surface area contributed by atoms with Gasteiger partial charge < -0.3 is 24.3 Å². The van der Waals surface area contributed by atoms with Crippen LogP contribution in [0.1, 0.15) is 5.56 Å². The van der Waals surface area contributed by atoms with Gasteiger partial charge in [-0.15, -0.1) is 6.42 Å². The number of halogens is 1. The molecule has 29 heavy (non-hydrogen) atoms. The summed E-state index contributed by atoms with van der Waals surface area (Å²) < 4.78 is 34.3. The molecule has 154 valence electrons. The van der Waals surface area contributed by atoms with Crippen molar-refractivity contribution in [2.24, 2.45) is 0 Å². The van der Waals surface area contributed by atoms with E-state index in [9.17, 15) is 9.18 Å². The molecule has 0 aliphatic rings. The van der Waals surface area contributed by atoms with E-state index in [4.69, 9.17) is 25.4 Å². The number of terminal acetylenes is 1. The topological polar surface area (TPSA) is 66.0 Å². The molecule has 2 rings (SSSR count). The number of nitrogens with one attached hydrogen (secondary N) is 1. The number of carbonyl (C=O) groups excluding carboxylic acids is 1. The van der Waals surface area contributed by atoms with E-state index in [1.165, 1.54) is 31.4 Å². The Labute approximate surface area is 169 Å². The highest BCUT2D eigenvalue weighted by Gasteiger charge is 2.18. The summed E-state index contributed by atoms with van der Waals surface area (Å²) in [5.41, 5.74) is 0.965. The molecule has 0 bridgehead atoms. The Balaban J connectivity index is 1.82. The predicted octanol–water partition coefficient (Wildman–Crippen LogP) is 2.60. The van der Waals surface area contributed by atoms with Crippen LogP contribution in [-0.2, 0) is 16.0 Å². The summed E-state index contributed by atoms with van der Waals surface area (Å²) in [6.45, 7) is 0.579. The van der Waals surface area contributed by atoms with Crippen LogP contribution in [0.5, 0.6) is 17.2 Å². The van der Waals surface area contributed by atoms with Crippen LogP contribution in [0.3, 0.4) is 0 Å². The monoisotopic (exact) mass is 401 g/mol. The molecule has 6 nitrogen and oxygen atoms in total.